The number of hydrogen-bond acceptors (Lipinski definition) is 4. The van der Waals surface area contributed by atoms with Gasteiger partial charge in [0.2, 0.25) is 0 Å². The second-order valence-corrected chi connectivity index (χ2v) is 4.72. The monoisotopic (exact) mass is 267 g/mol. The van der Waals surface area contributed by atoms with Gasteiger partial charge in [-0.3, -0.25) is 4.90 Å². The molecule has 5 nitrogen and oxygen atoms in total. The van der Waals surface area contributed by atoms with Crippen LogP contribution in [-0.2, 0) is 6.54 Å². The third kappa shape index (κ3) is 3.42. The minimum atomic E-state index is -0.382. The molecule has 0 aliphatic heterocycles. The zero-order valence-corrected chi connectivity index (χ0v) is 10.6. The van der Waals surface area contributed by atoms with E-state index in [1.165, 1.54) is 6.07 Å². The van der Waals surface area contributed by atoms with Gasteiger partial charge >= 0.3 is 0 Å². The fourth-order valence-corrected chi connectivity index (χ4v) is 2.07. The molecule has 0 aromatic heterocycles. The highest BCUT2D eigenvalue weighted by Crippen LogP contribution is 2.28. The summed E-state index contributed by atoms with van der Waals surface area (Å²) in [6, 6.07) is 4.97. The maximum Gasteiger partial charge on any atom is 0.170 e. The van der Waals surface area contributed by atoms with Gasteiger partial charge in [0.15, 0.2) is 5.84 Å². The van der Waals surface area contributed by atoms with Gasteiger partial charge in [-0.2, -0.15) is 0 Å². The third-order valence-electron chi connectivity index (χ3n) is 3.28. The second-order valence-electron chi connectivity index (χ2n) is 4.72. The quantitative estimate of drug-likeness (QED) is 0.309. The topological polar surface area (TPSA) is 82.1 Å². The molecule has 1 aromatic rings. The van der Waals surface area contributed by atoms with Gasteiger partial charge in [-0.1, -0.05) is 17.3 Å². The van der Waals surface area contributed by atoms with Crippen LogP contribution in [0.5, 0.6) is 0 Å². The number of hydrogen-bond donors (Lipinski definition) is 3. The Morgan fingerprint density at radius 1 is 1.47 bits per heavy atom. The first-order valence-corrected chi connectivity index (χ1v) is 6.27. The molecule has 1 fully saturated rings. The normalized spacial score (nSPS) is 16.1. The molecule has 2 rings (SSSR count). The highest BCUT2D eigenvalue weighted by molar-refractivity contribution is 5.97. The van der Waals surface area contributed by atoms with E-state index in [0.717, 1.165) is 12.8 Å². The van der Waals surface area contributed by atoms with Crippen molar-refractivity contribution in [3.8, 4) is 0 Å². The molecule has 1 aromatic carbocycles. The summed E-state index contributed by atoms with van der Waals surface area (Å²) in [5.41, 5.74) is 6.31. The minimum Gasteiger partial charge on any atom is -0.409 e. The predicted molar refractivity (Wildman–Crippen MR) is 69.4 cm³/mol. The van der Waals surface area contributed by atoms with Crippen molar-refractivity contribution in [2.24, 2.45) is 10.9 Å². The number of halogens is 1. The summed E-state index contributed by atoms with van der Waals surface area (Å²) < 4.78 is 13.9. The summed E-state index contributed by atoms with van der Waals surface area (Å²) in [7, 11) is 0. The molecule has 1 aliphatic rings. The predicted octanol–water partition coefficient (Wildman–Crippen LogP) is 0.877. The van der Waals surface area contributed by atoms with Crippen molar-refractivity contribution in [2.75, 3.05) is 13.2 Å². The fourth-order valence-electron chi connectivity index (χ4n) is 2.07. The zero-order valence-electron chi connectivity index (χ0n) is 10.6. The minimum absolute atomic E-state index is 0.0698. The first kappa shape index (κ1) is 13.8. The van der Waals surface area contributed by atoms with Crippen LogP contribution in [0.3, 0.4) is 0 Å². The molecular formula is C13H18FN3O2. The van der Waals surface area contributed by atoms with Crippen LogP contribution in [0.1, 0.15) is 24.0 Å². The van der Waals surface area contributed by atoms with E-state index >= 15 is 0 Å². The smallest absolute Gasteiger partial charge is 0.170 e. The van der Waals surface area contributed by atoms with Crippen LogP contribution in [0.25, 0.3) is 0 Å². The SMILES string of the molecule is N/C(=N/O)c1ccc(CN(CCO)C2CC2)c(F)c1. The van der Waals surface area contributed by atoms with Gasteiger partial charge in [-0.15, -0.1) is 0 Å². The molecule has 1 aliphatic carbocycles. The van der Waals surface area contributed by atoms with E-state index in [-0.39, 0.29) is 18.3 Å². The number of rotatable bonds is 6. The Balaban J connectivity index is 2.11. The molecule has 104 valence electrons. The lowest BCUT2D eigenvalue weighted by Gasteiger charge is -2.21. The van der Waals surface area contributed by atoms with Crippen molar-refractivity contribution < 1.29 is 14.7 Å². The molecule has 0 unspecified atom stereocenters. The number of benzene rings is 1. The Morgan fingerprint density at radius 3 is 2.74 bits per heavy atom. The van der Waals surface area contributed by atoms with Gasteiger partial charge in [-0.25, -0.2) is 4.39 Å². The van der Waals surface area contributed by atoms with E-state index in [2.05, 4.69) is 10.1 Å². The summed E-state index contributed by atoms with van der Waals surface area (Å²) in [5, 5.41) is 20.4. The average Bonchev–Trinajstić information content (AvgIpc) is 3.23. The highest BCUT2D eigenvalue weighted by Gasteiger charge is 2.28. The van der Waals surface area contributed by atoms with Crippen LogP contribution in [0, 0.1) is 5.82 Å². The van der Waals surface area contributed by atoms with E-state index in [9.17, 15) is 4.39 Å². The number of oxime groups is 1. The molecule has 0 spiro atoms. The number of nitrogens with zero attached hydrogens (tertiary/aromatic N) is 2. The first-order valence-electron chi connectivity index (χ1n) is 6.27. The van der Waals surface area contributed by atoms with Crippen LogP contribution in [-0.4, -0.2) is 40.2 Å². The number of aliphatic hydroxyl groups is 1. The molecule has 4 N–H and O–H groups in total. The summed E-state index contributed by atoms with van der Waals surface area (Å²) in [5.74, 6) is -0.493. The number of aliphatic hydroxyl groups excluding tert-OH is 1. The Hall–Kier alpha value is -1.66. The van der Waals surface area contributed by atoms with Gasteiger partial charge in [0.05, 0.1) is 6.61 Å². The van der Waals surface area contributed by atoms with E-state index in [1.807, 2.05) is 0 Å². The maximum absolute atomic E-state index is 13.9. The largest absolute Gasteiger partial charge is 0.409 e. The molecule has 0 atom stereocenters. The summed E-state index contributed by atoms with van der Waals surface area (Å²) in [6.45, 7) is 1.08. The van der Waals surface area contributed by atoms with Crippen molar-refractivity contribution in [3.63, 3.8) is 0 Å². The molecule has 0 bridgehead atoms. The second kappa shape index (κ2) is 5.99. The van der Waals surface area contributed by atoms with Crippen LogP contribution < -0.4 is 5.73 Å². The van der Waals surface area contributed by atoms with Crippen LogP contribution in [0.15, 0.2) is 23.4 Å². The Morgan fingerprint density at radius 2 is 2.21 bits per heavy atom. The van der Waals surface area contributed by atoms with Crippen LogP contribution in [0.4, 0.5) is 4.39 Å². The molecule has 19 heavy (non-hydrogen) atoms. The Bertz CT molecular complexity index is 475. The Kier molecular flexibility index (Phi) is 4.34. The summed E-state index contributed by atoms with van der Waals surface area (Å²) in [4.78, 5) is 2.07. The van der Waals surface area contributed by atoms with Gasteiger partial charge in [0.25, 0.3) is 0 Å². The van der Waals surface area contributed by atoms with Gasteiger partial charge in [-0.05, 0) is 18.9 Å². The van der Waals surface area contributed by atoms with E-state index in [0.29, 0.717) is 30.3 Å². The molecular weight excluding hydrogens is 249 g/mol. The van der Waals surface area contributed by atoms with Gasteiger partial charge in [0.1, 0.15) is 5.82 Å². The van der Waals surface area contributed by atoms with E-state index < -0.39 is 0 Å². The van der Waals surface area contributed by atoms with Crippen LogP contribution >= 0.6 is 0 Å². The maximum atomic E-state index is 13.9. The lowest BCUT2D eigenvalue weighted by atomic mass is 10.1. The van der Waals surface area contributed by atoms with Crippen molar-refractivity contribution >= 4 is 5.84 Å². The number of amidine groups is 1. The molecule has 6 heteroatoms. The third-order valence-corrected chi connectivity index (χ3v) is 3.28. The van der Waals surface area contributed by atoms with Gasteiger partial charge in [0, 0.05) is 30.3 Å². The Labute approximate surface area is 111 Å². The average molecular weight is 267 g/mol. The van der Waals surface area contributed by atoms with Crippen molar-refractivity contribution in [2.45, 2.75) is 25.4 Å². The molecule has 0 radical (unpaired) electrons. The fraction of sp³-hybridized carbons (Fsp3) is 0.462. The number of nitrogens with two attached hydrogens (primary N) is 1. The molecule has 1 saturated carbocycles. The van der Waals surface area contributed by atoms with E-state index in [4.69, 9.17) is 16.0 Å². The van der Waals surface area contributed by atoms with Crippen molar-refractivity contribution in [1.82, 2.24) is 4.90 Å². The molecule has 0 saturated heterocycles. The highest BCUT2D eigenvalue weighted by atomic mass is 19.1. The molecule has 0 heterocycles. The summed E-state index contributed by atoms with van der Waals surface area (Å²) >= 11 is 0. The lowest BCUT2D eigenvalue weighted by molar-refractivity contribution is 0.182. The summed E-state index contributed by atoms with van der Waals surface area (Å²) in [6.07, 6.45) is 2.20. The first-order chi connectivity index (χ1) is 9.15. The molecule has 0 amide bonds. The zero-order chi connectivity index (χ0) is 13.8. The van der Waals surface area contributed by atoms with Crippen molar-refractivity contribution in [1.29, 1.82) is 0 Å². The lowest BCUT2D eigenvalue weighted by Crippen LogP contribution is -2.29. The van der Waals surface area contributed by atoms with E-state index in [1.54, 1.807) is 12.1 Å². The van der Waals surface area contributed by atoms with Gasteiger partial charge < -0.3 is 16.0 Å². The van der Waals surface area contributed by atoms with Crippen molar-refractivity contribution in [3.05, 3.63) is 35.1 Å². The standard InChI is InChI=1S/C13H18FN3O2/c14-12-7-9(13(15)16-19)1-2-10(12)8-17(5-6-18)11-3-4-11/h1-2,7,11,18-19H,3-6,8H2,(H2,15,16). The van der Waals surface area contributed by atoms with Crippen LogP contribution in [0.2, 0.25) is 0 Å².